The summed E-state index contributed by atoms with van der Waals surface area (Å²) in [5.74, 6) is 0.677. The molecule has 9 heteroatoms. The molecule has 2 N–H and O–H groups in total. The maximum absolute atomic E-state index is 11.8. The Morgan fingerprint density at radius 1 is 1.25 bits per heavy atom. The predicted molar refractivity (Wildman–Crippen MR) is 89.6 cm³/mol. The van der Waals surface area contributed by atoms with E-state index in [0.29, 0.717) is 12.3 Å². The lowest BCUT2D eigenvalue weighted by Crippen LogP contribution is -2.22. The number of non-ortho nitro benzene ring substituents is 1. The largest absolute Gasteiger partial charge is 0.497 e. The Hall–Kier alpha value is -2.65. The number of nitrogens with two attached hydrogens (primary N) is 1. The Kier molecular flexibility index (Phi) is 5.05. The first-order chi connectivity index (χ1) is 11.2. The highest BCUT2D eigenvalue weighted by Gasteiger charge is 2.21. The minimum atomic E-state index is -4.11. The van der Waals surface area contributed by atoms with E-state index in [2.05, 4.69) is 0 Å². The highest BCUT2D eigenvalue weighted by Crippen LogP contribution is 2.29. The smallest absolute Gasteiger partial charge is 0.270 e. The van der Waals surface area contributed by atoms with Crippen molar-refractivity contribution in [2.45, 2.75) is 11.4 Å². The molecule has 24 heavy (non-hydrogen) atoms. The summed E-state index contributed by atoms with van der Waals surface area (Å²) < 4.78 is 28.7. The lowest BCUT2D eigenvalue weighted by Gasteiger charge is -2.22. The molecule has 128 valence electrons. The zero-order chi connectivity index (χ0) is 17.9. The number of nitro benzene ring substituents is 1. The SMILES string of the molecule is COc1cccc(CN(C)c2ccc([N+](=O)[O-])cc2S(N)(=O)=O)c1. The molecule has 2 aromatic carbocycles. The van der Waals surface area contributed by atoms with Gasteiger partial charge in [-0.25, -0.2) is 13.6 Å². The van der Waals surface area contributed by atoms with Crippen LogP contribution in [-0.2, 0) is 16.6 Å². The van der Waals surface area contributed by atoms with Gasteiger partial charge in [-0.3, -0.25) is 10.1 Å². The van der Waals surface area contributed by atoms with Gasteiger partial charge >= 0.3 is 0 Å². The molecular formula is C15H17N3O5S. The quantitative estimate of drug-likeness (QED) is 0.627. The summed E-state index contributed by atoms with van der Waals surface area (Å²) in [6.45, 7) is 0.373. The number of rotatable bonds is 6. The number of benzene rings is 2. The molecule has 0 fully saturated rings. The molecule has 0 aliphatic carbocycles. The van der Waals surface area contributed by atoms with Gasteiger partial charge in [0.05, 0.1) is 17.7 Å². The van der Waals surface area contributed by atoms with Gasteiger partial charge < -0.3 is 9.64 Å². The summed E-state index contributed by atoms with van der Waals surface area (Å²) >= 11 is 0. The topological polar surface area (TPSA) is 116 Å². The fourth-order valence-corrected chi connectivity index (χ4v) is 3.09. The van der Waals surface area contributed by atoms with Crippen LogP contribution in [0, 0.1) is 10.1 Å². The molecule has 0 unspecified atom stereocenters. The van der Waals surface area contributed by atoms with Gasteiger partial charge in [-0.15, -0.1) is 0 Å². The number of primary sulfonamides is 1. The van der Waals surface area contributed by atoms with Crippen LogP contribution in [0.1, 0.15) is 5.56 Å². The molecule has 0 bridgehead atoms. The molecule has 0 aliphatic rings. The lowest BCUT2D eigenvalue weighted by atomic mass is 10.2. The molecule has 0 aromatic heterocycles. The monoisotopic (exact) mass is 351 g/mol. The van der Waals surface area contributed by atoms with E-state index in [0.717, 1.165) is 11.6 Å². The van der Waals surface area contributed by atoms with Crippen LogP contribution in [0.25, 0.3) is 0 Å². The molecule has 2 aromatic rings. The van der Waals surface area contributed by atoms with E-state index in [1.807, 2.05) is 18.2 Å². The van der Waals surface area contributed by atoms with Crippen molar-refractivity contribution in [3.8, 4) is 5.75 Å². The van der Waals surface area contributed by atoms with E-state index in [1.165, 1.54) is 12.1 Å². The number of hydrogen-bond donors (Lipinski definition) is 1. The fraction of sp³-hybridized carbons (Fsp3) is 0.200. The number of hydrogen-bond acceptors (Lipinski definition) is 6. The Balaban J connectivity index is 2.41. The van der Waals surface area contributed by atoms with Crippen molar-refractivity contribution in [1.29, 1.82) is 0 Å². The van der Waals surface area contributed by atoms with Crippen molar-refractivity contribution >= 4 is 21.4 Å². The second kappa shape index (κ2) is 6.85. The fourth-order valence-electron chi connectivity index (χ4n) is 2.29. The second-order valence-corrected chi connectivity index (χ2v) is 6.69. The van der Waals surface area contributed by atoms with Crippen LogP contribution >= 0.6 is 0 Å². The molecule has 0 saturated carbocycles. The Morgan fingerprint density at radius 2 is 1.96 bits per heavy atom. The van der Waals surface area contributed by atoms with Crippen LogP contribution in [0.5, 0.6) is 5.75 Å². The van der Waals surface area contributed by atoms with E-state index in [4.69, 9.17) is 9.88 Å². The van der Waals surface area contributed by atoms with E-state index >= 15 is 0 Å². The average Bonchev–Trinajstić information content (AvgIpc) is 2.53. The Labute approximate surface area is 139 Å². The third-order valence-electron chi connectivity index (χ3n) is 3.43. The molecule has 0 heterocycles. The number of anilines is 1. The summed E-state index contributed by atoms with van der Waals surface area (Å²) in [5, 5.41) is 16.1. The van der Waals surface area contributed by atoms with Crippen LogP contribution in [0.15, 0.2) is 47.4 Å². The van der Waals surface area contributed by atoms with Crippen molar-refractivity contribution in [1.82, 2.24) is 0 Å². The molecule has 8 nitrogen and oxygen atoms in total. The summed E-state index contributed by atoms with van der Waals surface area (Å²) in [5.41, 5.74) is 0.832. The van der Waals surface area contributed by atoms with E-state index < -0.39 is 14.9 Å². The first kappa shape index (κ1) is 17.7. The van der Waals surface area contributed by atoms with E-state index in [-0.39, 0.29) is 16.3 Å². The van der Waals surface area contributed by atoms with Gasteiger partial charge in [-0.1, -0.05) is 12.1 Å². The normalized spacial score (nSPS) is 11.1. The van der Waals surface area contributed by atoms with Crippen molar-refractivity contribution in [2.24, 2.45) is 5.14 Å². The van der Waals surface area contributed by atoms with Crippen molar-refractivity contribution in [3.63, 3.8) is 0 Å². The zero-order valence-corrected chi connectivity index (χ0v) is 14.0. The van der Waals surface area contributed by atoms with Crippen LogP contribution in [-0.4, -0.2) is 27.5 Å². The minimum absolute atomic E-state index is 0.283. The highest BCUT2D eigenvalue weighted by molar-refractivity contribution is 7.89. The van der Waals surface area contributed by atoms with Gasteiger partial charge in [0.2, 0.25) is 10.0 Å². The maximum Gasteiger partial charge on any atom is 0.270 e. The summed E-state index contributed by atoms with van der Waals surface area (Å²) in [7, 11) is -0.881. The first-order valence-corrected chi connectivity index (χ1v) is 8.42. The number of nitrogens with zero attached hydrogens (tertiary/aromatic N) is 2. The Bertz CT molecular complexity index is 867. The molecule has 0 amide bonds. The van der Waals surface area contributed by atoms with Gasteiger partial charge in [0.15, 0.2) is 0 Å². The summed E-state index contributed by atoms with van der Waals surface area (Å²) in [6, 6.07) is 10.9. The maximum atomic E-state index is 11.8. The van der Waals surface area contributed by atoms with E-state index in [1.54, 1.807) is 25.1 Å². The molecule has 0 spiro atoms. The Morgan fingerprint density at radius 3 is 2.54 bits per heavy atom. The van der Waals surface area contributed by atoms with Crippen LogP contribution in [0.2, 0.25) is 0 Å². The number of nitro groups is 1. The molecule has 2 rings (SSSR count). The van der Waals surface area contributed by atoms with Crippen LogP contribution in [0.4, 0.5) is 11.4 Å². The second-order valence-electron chi connectivity index (χ2n) is 5.16. The third kappa shape index (κ3) is 4.00. The number of sulfonamides is 1. The third-order valence-corrected chi connectivity index (χ3v) is 4.37. The molecule has 0 radical (unpaired) electrons. The minimum Gasteiger partial charge on any atom is -0.497 e. The van der Waals surface area contributed by atoms with Gasteiger partial charge in [0.25, 0.3) is 5.69 Å². The highest BCUT2D eigenvalue weighted by atomic mass is 32.2. The van der Waals surface area contributed by atoms with E-state index in [9.17, 15) is 18.5 Å². The zero-order valence-electron chi connectivity index (χ0n) is 13.2. The van der Waals surface area contributed by atoms with Gasteiger partial charge in [0.1, 0.15) is 10.6 Å². The van der Waals surface area contributed by atoms with Crippen LogP contribution in [0.3, 0.4) is 0 Å². The lowest BCUT2D eigenvalue weighted by molar-refractivity contribution is -0.385. The van der Waals surface area contributed by atoms with Crippen molar-refractivity contribution in [2.75, 3.05) is 19.1 Å². The number of methoxy groups -OCH3 is 1. The summed E-state index contributed by atoms with van der Waals surface area (Å²) in [4.78, 5) is 11.6. The predicted octanol–water partition coefficient (Wildman–Crippen LogP) is 1.89. The first-order valence-electron chi connectivity index (χ1n) is 6.87. The van der Waals surface area contributed by atoms with Gasteiger partial charge in [0, 0.05) is 25.7 Å². The molecule has 0 atom stereocenters. The standard InChI is InChI=1S/C15H17N3O5S/c1-17(10-11-4-3-5-13(8-11)23-2)14-7-6-12(18(19)20)9-15(14)24(16,21)22/h3-9H,10H2,1-2H3,(H2,16,21,22). The van der Waals surface area contributed by atoms with Crippen molar-refractivity contribution in [3.05, 3.63) is 58.1 Å². The molecule has 0 saturated heterocycles. The molecule has 0 aliphatic heterocycles. The number of ether oxygens (including phenoxy) is 1. The average molecular weight is 351 g/mol. The van der Waals surface area contributed by atoms with Gasteiger partial charge in [-0.2, -0.15) is 0 Å². The molecular weight excluding hydrogens is 334 g/mol. The van der Waals surface area contributed by atoms with Crippen molar-refractivity contribution < 1.29 is 18.1 Å². The van der Waals surface area contributed by atoms with Gasteiger partial charge in [-0.05, 0) is 23.8 Å². The van der Waals surface area contributed by atoms with Crippen LogP contribution < -0.4 is 14.8 Å². The summed E-state index contributed by atoms with van der Waals surface area (Å²) in [6.07, 6.45) is 0.